The van der Waals surface area contributed by atoms with Crippen molar-refractivity contribution in [1.82, 2.24) is 0 Å². The van der Waals surface area contributed by atoms with Gasteiger partial charge in [0, 0.05) is 28.3 Å². The monoisotopic (exact) mass is 518 g/mol. The summed E-state index contributed by atoms with van der Waals surface area (Å²) in [5, 5.41) is 21.1. The highest BCUT2D eigenvalue weighted by Gasteiger charge is 2.47. The van der Waals surface area contributed by atoms with Gasteiger partial charge >= 0.3 is 0 Å². The number of amidine groups is 1. The zero-order valence-corrected chi connectivity index (χ0v) is 21.6. The van der Waals surface area contributed by atoms with Crippen molar-refractivity contribution in [1.29, 1.82) is 5.41 Å². The minimum Gasteiger partial charge on any atom is -0.507 e. The van der Waals surface area contributed by atoms with Crippen molar-refractivity contribution in [2.24, 2.45) is 5.92 Å². The molecule has 5 rings (SSSR count). The molecule has 1 fully saturated rings. The summed E-state index contributed by atoms with van der Waals surface area (Å²) in [6, 6.07) is 34.7. The van der Waals surface area contributed by atoms with Gasteiger partial charge in [-0.3, -0.25) is 15.1 Å². The van der Waals surface area contributed by atoms with Crippen LogP contribution in [0, 0.1) is 11.3 Å². The molecule has 1 saturated heterocycles. The van der Waals surface area contributed by atoms with Crippen molar-refractivity contribution in [3.8, 4) is 5.75 Å². The number of ketones is 1. The highest BCUT2D eigenvalue weighted by atomic mass is 32.1. The Kier molecular flexibility index (Phi) is 7.15. The van der Waals surface area contributed by atoms with E-state index >= 15 is 0 Å². The minimum atomic E-state index is -0.866. The molecule has 5 nitrogen and oxygen atoms in total. The standard InChI is InChI=1S/C32H26N2O3S/c1-37-25-19-11-16-23(20-25)26-27(29(35)21-12-5-2-6-13-21)31(33)34(24-17-9-4-10-18-24)32(38)28(26)30(36)22-14-7-3-8-15-22/h2-20,26,28,33,35H,1H3/b29-27+,33-31?/t26-,28-/m1/s1. The average Bonchev–Trinajstić information content (AvgIpc) is 2.98. The Bertz CT molecular complexity index is 1520. The summed E-state index contributed by atoms with van der Waals surface area (Å²) in [5.74, 6) is -1.22. The third-order valence-corrected chi connectivity index (χ3v) is 7.16. The van der Waals surface area contributed by atoms with Crippen molar-refractivity contribution >= 4 is 40.3 Å². The van der Waals surface area contributed by atoms with E-state index in [0.29, 0.717) is 33.1 Å². The predicted molar refractivity (Wildman–Crippen MR) is 155 cm³/mol. The molecular formula is C32H26N2O3S. The van der Waals surface area contributed by atoms with Crippen molar-refractivity contribution < 1.29 is 14.6 Å². The Morgan fingerprint density at radius 3 is 2.03 bits per heavy atom. The summed E-state index contributed by atoms with van der Waals surface area (Å²) < 4.78 is 5.49. The number of benzene rings is 4. The summed E-state index contributed by atoms with van der Waals surface area (Å²) in [7, 11) is 1.58. The van der Waals surface area contributed by atoms with E-state index in [2.05, 4.69) is 0 Å². The van der Waals surface area contributed by atoms with Gasteiger partial charge in [-0.25, -0.2) is 0 Å². The molecule has 38 heavy (non-hydrogen) atoms. The summed E-state index contributed by atoms with van der Waals surface area (Å²) in [6.45, 7) is 0. The van der Waals surface area contributed by atoms with Gasteiger partial charge in [-0.1, -0.05) is 103 Å². The number of para-hydroxylation sites is 1. The predicted octanol–water partition coefficient (Wildman–Crippen LogP) is 7.07. The minimum absolute atomic E-state index is 0.0208. The first-order valence-corrected chi connectivity index (χ1v) is 12.6. The Morgan fingerprint density at radius 1 is 0.842 bits per heavy atom. The van der Waals surface area contributed by atoms with Gasteiger partial charge in [0.1, 0.15) is 22.3 Å². The number of aliphatic hydroxyl groups excluding tert-OH is 1. The molecule has 2 atom stereocenters. The largest absolute Gasteiger partial charge is 0.507 e. The molecule has 0 unspecified atom stereocenters. The molecule has 4 aromatic carbocycles. The van der Waals surface area contributed by atoms with Crippen molar-refractivity contribution in [2.45, 2.75) is 5.92 Å². The van der Waals surface area contributed by atoms with E-state index in [0.717, 1.165) is 5.56 Å². The number of aliphatic hydroxyl groups is 1. The number of piperidine rings is 1. The fourth-order valence-corrected chi connectivity index (χ4v) is 5.35. The summed E-state index contributed by atoms with van der Waals surface area (Å²) in [6.07, 6.45) is 0. The molecule has 0 radical (unpaired) electrons. The van der Waals surface area contributed by atoms with Gasteiger partial charge in [-0.15, -0.1) is 0 Å². The molecule has 0 aromatic heterocycles. The van der Waals surface area contributed by atoms with Gasteiger partial charge in [-0.05, 0) is 29.8 Å². The summed E-state index contributed by atoms with van der Waals surface area (Å²) in [4.78, 5) is 16.1. The number of carbonyl (C=O) groups is 1. The average molecular weight is 519 g/mol. The molecule has 0 spiro atoms. The van der Waals surface area contributed by atoms with Gasteiger partial charge in [0.2, 0.25) is 0 Å². The molecule has 0 saturated carbocycles. The van der Waals surface area contributed by atoms with Crippen molar-refractivity contribution in [2.75, 3.05) is 12.0 Å². The number of nitrogens with zero attached hydrogens (tertiary/aromatic N) is 1. The Balaban J connectivity index is 1.80. The number of hydrogen-bond donors (Lipinski definition) is 2. The van der Waals surface area contributed by atoms with Crippen LogP contribution in [-0.4, -0.2) is 28.8 Å². The van der Waals surface area contributed by atoms with Gasteiger partial charge in [0.25, 0.3) is 0 Å². The number of rotatable bonds is 6. The van der Waals surface area contributed by atoms with E-state index < -0.39 is 11.8 Å². The third kappa shape index (κ3) is 4.62. The Hall–Kier alpha value is -4.55. The number of anilines is 1. The topological polar surface area (TPSA) is 73.6 Å². The molecule has 2 N–H and O–H groups in total. The number of hydrogen-bond acceptors (Lipinski definition) is 5. The van der Waals surface area contributed by atoms with Crippen LogP contribution in [-0.2, 0) is 0 Å². The molecule has 1 aliphatic rings. The summed E-state index contributed by atoms with van der Waals surface area (Å²) >= 11 is 6.01. The number of nitrogens with one attached hydrogen (secondary N) is 1. The maximum absolute atomic E-state index is 14.2. The fourth-order valence-electron chi connectivity index (χ4n) is 4.91. The number of methoxy groups -OCH3 is 1. The van der Waals surface area contributed by atoms with Crippen LogP contribution in [0.5, 0.6) is 5.75 Å². The molecule has 4 aromatic rings. The lowest BCUT2D eigenvalue weighted by atomic mass is 9.72. The number of Topliss-reactive ketones (excluding diaryl/α,β-unsaturated/α-hetero) is 1. The maximum atomic E-state index is 14.2. The smallest absolute Gasteiger partial charge is 0.173 e. The first-order chi connectivity index (χ1) is 18.5. The maximum Gasteiger partial charge on any atom is 0.173 e. The molecule has 6 heteroatoms. The molecule has 188 valence electrons. The van der Waals surface area contributed by atoms with Crippen LogP contribution in [0.15, 0.2) is 121 Å². The lowest BCUT2D eigenvalue weighted by Gasteiger charge is -2.42. The normalized spacial score (nSPS) is 18.7. The highest BCUT2D eigenvalue weighted by molar-refractivity contribution is 7.80. The lowest BCUT2D eigenvalue weighted by molar-refractivity contribution is 0.0946. The van der Waals surface area contributed by atoms with Crippen LogP contribution in [0.25, 0.3) is 5.76 Å². The van der Waals surface area contributed by atoms with Gasteiger partial charge in [0.05, 0.1) is 13.0 Å². The van der Waals surface area contributed by atoms with Gasteiger partial charge in [-0.2, -0.15) is 0 Å². The quantitative estimate of drug-likeness (QED) is 0.162. The van der Waals surface area contributed by atoms with Crippen LogP contribution < -0.4 is 9.64 Å². The second-order valence-electron chi connectivity index (χ2n) is 8.95. The van der Waals surface area contributed by atoms with E-state index in [1.165, 1.54) is 0 Å². The molecule has 0 amide bonds. The van der Waals surface area contributed by atoms with Crippen LogP contribution in [0.4, 0.5) is 5.69 Å². The number of ether oxygens (including phenoxy) is 1. The van der Waals surface area contributed by atoms with Gasteiger partial charge in [0.15, 0.2) is 5.78 Å². The zero-order chi connectivity index (χ0) is 26.6. The van der Waals surface area contributed by atoms with Crippen LogP contribution in [0.1, 0.15) is 27.4 Å². The van der Waals surface area contributed by atoms with Gasteiger partial charge < -0.3 is 9.84 Å². The Morgan fingerprint density at radius 2 is 1.42 bits per heavy atom. The molecule has 1 aliphatic heterocycles. The highest BCUT2D eigenvalue weighted by Crippen LogP contribution is 2.45. The molecule has 0 bridgehead atoms. The first kappa shape index (κ1) is 25.1. The van der Waals surface area contributed by atoms with E-state index in [4.69, 9.17) is 17.0 Å². The van der Waals surface area contributed by atoms with E-state index in [-0.39, 0.29) is 17.4 Å². The van der Waals surface area contributed by atoms with Crippen LogP contribution in [0.3, 0.4) is 0 Å². The SMILES string of the molecule is COc1cccc([C@@H]2/C(=C(\O)c3ccccc3)C(=N)N(c3ccccc3)C(=S)[C@H]2C(=O)c2ccccc2)c1. The number of carbonyl (C=O) groups excluding carboxylic acids is 1. The van der Waals surface area contributed by atoms with E-state index in [9.17, 15) is 15.3 Å². The van der Waals surface area contributed by atoms with Crippen molar-refractivity contribution in [3.05, 3.63) is 138 Å². The summed E-state index contributed by atoms with van der Waals surface area (Å²) in [5.41, 5.74) is 2.74. The van der Waals surface area contributed by atoms with E-state index in [1.807, 2.05) is 91.0 Å². The third-order valence-electron chi connectivity index (χ3n) is 6.72. The number of thiocarbonyl (C=S) groups is 1. The second-order valence-corrected chi connectivity index (χ2v) is 9.37. The zero-order valence-electron chi connectivity index (χ0n) is 20.7. The molecule has 1 heterocycles. The molecular weight excluding hydrogens is 492 g/mol. The van der Waals surface area contributed by atoms with Crippen LogP contribution in [0.2, 0.25) is 0 Å². The van der Waals surface area contributed by atoms with Crippen LogP contribution >= 0.6 is 12.2 Å². The first-order valence-electron chi connectivity index (χ1n) is 12.2. The molecule has 0 aliphatic carbocycles. The second kappa shape index (κ2) is 10.8. The van der Waals surface area contributed by atoms with Crippen molar-refractivity contribution in [3.63, 3.8) is 0 Å². The Labute approximate surface area is 227 Å². The van der Waals surface area contributed by atoms with E-state index in [1.54, 1.807) is 36.3 Å². The fraction of sp³-hybridized carbons (Fsp3) is 0.0938. The lowest BCUT2D eigenvalue weighted by Crippen LogP contribution is -2.51.